The van der Waals surface area contributed by atoms with Crippen LogP contribution in [0.3, 0.4) is 0 Å². The molecule has 1 heterocycles. The number of esters is 1. The fourth-order valence-corrected chi connectivity index (χ4v) is 2.49. The van der Waals surface area contributed by atoms with Gasteiger partial charge in [0.25, 0.3) is 0 Å². The van der Waals surface area contributed by atoms with Crippen LogP contribution in [0.4, 0.5) is 0 Å². The molecule has 13 heavy (non-hydrogen) atoms. The van der Waals surface area contributed by atoms with Gasteiger partial charge in [-0.05, 0) is 40.5 Å². The molecule has 0 aromatic heterocycles. The van der Waals surface area contributed by atoms with Crippen molar-refractivity contribution >= 4 is 37.8 Å². The lowest BCUT2D eigenvalue weighted by Crippen LogP contribution is -1.93. The van der Waals surface area contributed by atoms with Gasteiger partial charge < -0.3 is 4.74 Å². The summed E-state index contributed by atoms with van der Waals surface area (Å²) in [6, 6.07) is 3.64. The van der Waals surface area contributed by atoms with Crippen LogP contribution in [0.15, 0.2) is 16.6 Å². The summed E-state index contributed by atoms with van der Waals surface area (Å²) in [5, 5.41) is -0.299. The maximum absolute atomic E-state index is 11.3. The van der Waals surface area contributed by atoms with Gasteiger partial charge in [0.05, 0.1) is 5.56 Å². The molecule has 0 spiro atoms. The van der Waals surface area contributed by atoms with Gasteiger partial charge >= 0.3 is 5.97 Å². The van der Waals surface area contributed by atoms with Crippen LogP contribution in [0.25, 0.3) is 0 Å². The molecule has 0 bridgehead atoms. The Morgan fingerprint density at radius 3 is 2.85 bits per heavy atom. The second-order valence-electron chi connectivity index (χ2n) is 2.85. The van der Waals surface area contributed by atoms with E-state index in [9.17, 15) is 4.79 Å². The first-order valence-corrected chi connectivity index (χ1v) is 5.46. The highest BCUT2D eigenvalue weighted by Crippen LogP contribution is 2.39. The Bertz CT molecular complexity index is 387. The summed E-state index contributed by atoms with van der Waals surface area (Å²) in [5.74, 6) is -0.257. The summed E-state index contributed by atoms with van der Waals surface area (Å²) in [6.45, 7) is 1.96. The molecule has 0 amide bonds. The van der Waals surface area contributed by atoms with Gasteiger partial charge in [0.15, 0.2) is 5.01 Å². The Kier molecular flexibility index (Phi) is 2.20. The standard InChI is InChI=1S/C9H6Br2O2/c1-4-6(10)3-2-5-7(4)8(11)13-9(5)12/h2-3,8H,1H3. The fraction of sp³-hybridized carbons (Fsp3) is 0.222. The number of hydrogen-bond donors (Lipinski definition) is 0. The van der Waals surface area contributed by atoms with Crippen LogP contribution in [0, 0.1) is 6.92 Å². The summed E-state index contributed by atoms with van der Waals surface area (Å²) in [6.07, 6.45) is 0. The number of rotatable bonds is 0. The molecule has 68 valence electrons. The van der Waals surface area contributed by atoms with Gasteiger partial charge in [-0.2, -0.15) is 0 Å². The third kappa shape index (κ3) is 1.32. The monoisotopic (exact) mass is 304 g/mol. The first-order valence-electron chi connectivity index (χ1n) is 3.75. The van der Waals surface area contributed by atoms with Crippen LogP contribution < -0.4 is 0 Å². The molecule has 1 unspecified atom stereocenters. The lowest BCUT2D eigenvalue weighted by molar-refractivity contribution is 0.0530. The third-order valence-corrected chi connectivity index (χ3v) is 3.61. The van der Waals surface area contributed by atoms with Crippen LogP contribution in [0.5, 0.6) is 0 Å². The summed E-state index contributed by atoms with van der Waals surface area (Å²) >= 11 is 6.71. The normalized spacial score (nSPS) is 19.9. The average Bonchev–Trinajstić information content (AvgIpc) is 2.35. The SMILES string of the molecule is Cc1c(Br)ccc2c1C(Br)OC2=O. The van der Waals surface area contributed by atoms with Crippen LogP contribution in [0.2, 0.25) is 0 Å². The van der Waals surface area contributed by atoms with Crippen LogP contribution in [0.1, 0.15) is 26.5 Å². The number of ether oxygens (including phenoxy) is 1. The van der Waals surface area contributed by atoms with Crippen molar-refractivity contribution in [2.24, 2.45) is 0 Å². The Morgan fingerprint density at radius 2 is 2.15 bits per heavy atom. The highest BCUT2D eigenvalue weighted by Gasteiger charge is 2.30. The molecule has 0 saturated heterocycles. The number of hydrogen-bond acceptors (Lipinski definition) is 2. The zero-order valence-electron chi connectivity index (χ0n) is 6.80. The van der Waals surface area contributed by atoms with Gasteiger partial charge in [-0.15, -0.1) is 0 Å². The number of carbonyl (C=O) groups excluding carboxylic acids is 1. The van der Waals surface area contributed by atoms with Crippen LogP contribution >= 0.6 is 31.9 Å². The minimum Gasteiger partial charge on any atom is -0.442 e. The second kappa shape index (κ2) is 3.10. The Balaban J connectivity index is 2.70. The van der Waals surface area contributed by atoms with Crippen molar-refractivity contribution in [2.75, 3.05) is 0 Å². The molecule has 1 aromatic rings. The minimum atomic E-state index is -0.299. The Hall–Kier alpha value is -0.350. The van der Waals surface area contributed by atoms with E-state index in [-0.39, 0.29) is 11.0 Å². The topological polar surface area (TPSA) is 26.3 Å². The molecule has 1 atom stereocenters. The molecule has 1 aliphatic heterocycles. The molecule has 0 saturated carbocycles. The lowest BCUT2D eigenvalue weighted by Gasteiger charge is -2.05. The molecule has 2 rings (SSSR count). The summed E-state index contributed by atoms with van der Waals surface area (Å²) in [5.41, 5.74) is 2.63. The second-order valence-corrected chi connectivity index (χ2v) is 4.54. The molecule has 1 aromatic carbocycles. The lowest BCUT2D eigenvalue weighted by atomic mass is 10.0. The minimum absolute atomic E-state index is 0.257. The zero-order chi connectivity index (χ0) is 9.59. The van der Waals surface area contributed by atoms with E-state index >= 15 is 0 Å². The fourth-order valence-electron chi connectivity index (χ4n) is 1.39. The molecule has 4 heteroatoms. The Labute approximate surface area is 92.5 Å². The molecule has 0 fully saturated rings. The van der Waals surface area contributed by atoms with Crippen molar-refractivity contribution in [3.8, 4) is 0 Å². The number of carbonyl (C=O) groups is 1. The highest BCUT2D eigenvalue weighted by atomic mass is 79.9. The number of fused-ring (bicyclic) bond motifs is 1. The van der Waals surface area contributed by atoms with E-state index in [4.69, 9.17) is 4.74 Å². The maximum atomic E-state index is 11.3. The summed E-state index contributed by atoms with van der Waals surface area (Å²) in [7, 11) is 0. The van der Waals surface area contributed by atoms with Crippen molar-refractivity contribution in [3.63, 3.8) is 0 Å². The van der Waals surface area contributed by atoms with E-state index in [0.717, 1.165) is 15.6 Å². The van der Waals surface area contributed by atoms with Gasteiger partial charge in [-0.3, -0.25) is 0 Å². The smallest absolute Gasteiger partial charge is 0.340 e. The van der Waals surface area contributed by atoms with Gasteiger partial charge in [-0.1, -0.05) is 15.9 Å². The number of alkyl halides is 1. The van der Waals surface area contributed by atoms with Crippen molar-refractivity contribution in [1.29, 1.82) is 0 Å². The molecular weight excluding hydrogens is 300 g/mol. The van der Waals surface area contributed by atoms with Crippen LogP contribution in [-0.2, 0) is 4.74 Å². The molecule has 0 aliphatic carbocycles. The molecule has 2 nitrogen and oxygen atoms in total. The van der Waals surface area contributed by atoms with E-state index in [0.29, 0.717) is 5.56 Å². The maximum Gasteiger partial charge on any atom is 0.340 e. The Morgan fingerprint density at radius 1 is 1.46 bits per heavy atom. The van der Waals surface area contributed by atoms with Crippen molar-refractivity contribution in [2.45, 2.75) is 11.9 Å². The van der Waals surface area contributed by atoms with E-state index in [1.807, 2.05) is 13.0 Å². The molecule has 1 aliphatic rings. The predicted octanol–water partition coefficient (Wildman–Crippen LogP) is 3.32. The molecular formula is C9H6Br2O2. The number of benzene rings is 1. The largest absolute Gasteiger partial charge is 0.442 e. The highest BCUT2D eigenvalue weighted by molar-refractivity contribution is 9.10. The van der Waals surface area contributed by atoms with Gasteiger partial charge in [0.1, 0.15) is 0 Å². The molecule has 0 radical (unpaired) electrons. The summed E-state index contributed by atoms with van der Waals surface area (Å²) in [4.78, 5) is 11.3. The van der Waals surface area contributed by atoms with E-state index in [1.165, 1.54) is 0 Å². The first-order chi connectivity index (χ1) is 6.11. The summed E-state index contributed by atoms with van der Waals surface area (Å²) < 4.78 is 6.02. The van der Waals surface area contributed by atoms with Crippen molar-refractivity contribution < 1.29 is 9.53 Å². The third-order valence-electron chi connectivity index (χ3n) is 2.11. The number of cyclic esters (lactones) is 1. The van der Waals surface area contributed by atoms with E-state index in [2.05, 4.69) is 31.9 Å². The van der Waals surface area contributed by atoms with Gasteiger partial charge in [0.2, 0.25) is 0 Å². The van der Waals surface area contributed by atoms with Crippen molar-refractivity contribution in [1.82, 2.24) is 0 Å². The van der Waals surface area contributed by atoms with Crippen LogP contribution in [-0.4, -0.2) is 5.97 Å². The zero-order valence-corrected chi connectivity index (χ0v) is 9.98. The number of halogens is 2. The quantitative estimate of drug-likeness (QED) is 0.543. The average molecular weight is 306 g/mol. The van der Waals surface area contributed by atoms with Gasteiger partial charge in [-0.25, -0.2) is 4.79 Å². The predicted molar refractivity (Wildman–Crippen MR) is 56.0 cm³/mol. The first kappa shape index (κ1) is 9.21. The van der Waals surface area contributed by atoms with Crippen molar-refractivity contribution in [3.05, 3.63) is 33.3 Å². The van der Waals surface area contributed by atoms with E-state index < -0.39 is 0 Å². The van der Waals surface area contributed by atoms with E-state index in [1.54, 1.807) is 6.07 Å². The molecule has 0 N–H and O–H groups in total. The van der Waals surface area contributed by atoms with Gasteiger partial charge in [0, 0.05) is 10.0 Å².